The summed E-state index contributed by atoms with van der Waals surface area (Å²) in [5.74, 6) is 2.46. The molecule has 0 unspecified atom stereocenters. The Morgan fingerprint density at radius 3 is 2.24 bits per heavy atom. The van der Waals surface area contributed by atoms with Crippen molar-refractivity contribution in [2.24, 2.45) is 0 Å². The summed E-state index contributed by atoms with van der Waals surface area (Å²) in [5.41, 5.74) is -0.681. The lowest BCUT2D eigenvalue weighted by molar-refractivity contribution is 0.328. The van der Waals surface area contributed by atoms with E-state index in [0.717, 1.165) is 11.4 Å². The Kier molecular flexibility index (Phi) is 4.15. The molecule has 0 aromatic heterocycles. The highest BCUT2D eigenvalue weighted by Crippen LogP contribution is 2.14. The lowest BCUT2D eigenvalue weighted by Crippen LogP contribution is -2.53. The molecule has 1 aromatic carbocycles. The Balaban J connectivity index is 3.08. The number of hydrogen-bond donors (Lipinski definition) is 0. The van der Waals surface area contributed by atoms with Gasteiger partial charge >= 0.3 is 0 Å². The Labute approximate surface area is 104 Å². The first-order valence-electron chi connectivity index (χ1n) is 5.17. The van der Waals surface area contributed by atoms with Crippen LogP contribution in [0, 0.1) is 12.3 Å². The molecule has 0 spiro atoms. The molecule has 92 valence electrons. The van der Waals surface area contributed by atoms with Crippen LogP contribution in [0.15, 0.2) is 30.3 Å². The fourth-order valence-corrected chi connectivity index (χ4v) is 5.21. The second-order valence-corrected chi connectivity index (χ2v) is 10.6. The summed E-state index contributed by atoms with van der Waals surface area (Å²) < 4.78 is 27.4. The second-order valence-electron chi connectivity index (χ2n) is 4.43. The van der Waals surface area contributed by atoms with Crippen LogP contribution in [0.4, 0.5) is 0 Å². The standard InChI is InChI=1S/C12H16O3SSi/c1-5-12(15-16(2,13)14)17(3,4)11-9-7-6-8-10-11/h1,6-10,12H,2-4H3/t12-/m0/s1. The van der Waals surface area contributed by atoms with Crippen molar-refractivity contribution in [1.82, 2.24) is 0 Å². The Morgan fingerprint density at radius 2 is 1.82 bits per heavy atom. The monoisotopic (exact) mass is 268 g/mol. The molecule has 0 aliphatic rings. The highest BCUT2D eigenvalue weighted by atomic mass is 32.2. The van der Waals surface area contributed by atoms with E-state index in [-0.39, 0.29) is 0 Å². The highest BCUT2D eigenvalue weighted by molar-refractivity contribution is 7.86. The Bertz CT molecular complexity index is 514. The molecule has 0 aliphatic heterocycles. The molecule has 1 atom stereocenters. The fraction of sp³-hybridized carbons (Fsp3) is 0.333. The summed E-state index contributed by atoms with van der Waals surface area (Å²) >= 11 is 0. The van der Waals surface area contributed by atoms with Crippen LogP contribution in [-0.2, 0) is 14.3 Å². The van der Waals surface area contributed by atoms with Crippen LogP contribution >= 0.6 is 0 Å². The van der Waals surface area contributed by atoms with Crippen LogP contribution in [0.1, 0.15) is 0 Å². The van der Waals surface area contributed by atoms with E-state index in [1.54, 1.807) is 0 Å². The van der Waals surface area contributed by atoms with Gasteiger partial charge in [0, 0.05) is 0 Å². The minimum Gasteiger partial charge on any atom is -0.257 e. The zero-order chi connectivity index (χ0) is 13.1. The first kappa shape index (κ1) is 14.0. The largest absolute Gasteiger partial charge is 0.265 e. The van der Waals surface area contributed by atoms with E-state index in [4.69, 9.17) is 10.6 Å². The third kappa shape index (κ3) is 3.70. The normalized spacial score (nSPS) is 14.0. The van der Waals surface area contributed by atoms with Gasteiger partial charge in [-0.15, -0.1) is 6.42 Å². The highest BCUT2D eigenvalue weighted by Gasteiger charge is 2.35. The van der Waals surface area contributed by atoms with Gasteiger partial charge in [0.1, 0.15) is 13.8 Å². The fourth-order valence-electron chi connectivity index (χ4n) is 1.55. The molecule has 3 nitrogen and oxygen atoms in total. The van der Waals surface area contributed by atoms with E-state index >= 15 is 0 Å². The number of hydrogen-bond acceptors (Lipinski definition) is 3. The second kappa shape index (κ2) is 5.04. The smallest absolute Gasteiger partial charge is 0.257 e. The molecule has 0 N–H and O–H groups in total. The first-order chi connectivity index (χ1) is 7.77. The predicted molar refractivity (Wildman–Crippen MR) is 72.1 cm³/mol. The number of terminal acetylenes is 1. The maximum atomic E-state index is 11.2. The van der Waals surface area contributed by atoms with E-state index in [9.17, 15) is 8.42 Å². The third-order valence-electron chi connectivity index (χ3n) is 2.60. The minimum atomic E-state index is -3.53. The van der Waals surface area contributed by atoms with Gasteiger partial charge in [-0.25, -0.2) is 0 Å². The third-order valence-corrected chi connectivity index (χ3v) is 6.73. The summed E-state index contributed by atoms with van der Waals surface area (Å²) in [5, 5.41) is 1.08. The quantitative estimate of drug-likeness (QED) is 0.467. The van der Waals surface area contributed by atoms with Crippen molar-refractivity contribution in [3.8, 4) is 12.3 Å². The maximum Gasteiger partial charge on any atom is 0.265 e. The molecule has 1 rings (SSSR count). The average Bonchev–Trinajstić information content (AvgIpc) is 2.25. The van der Waals surface area contributed by atoms with Gasteiger partial charge in [0.2, 0.25) is 0 Å². The Hall–Kier alpha value is -1.09. The minimum absolute atomic E-state index is 0.681. The topological polar surface area (TPSA) is 43.4 Å². The summed E-state index contributed by atoms with van der Waals surface area (Å²) in [6, 6.07) is 9.66. The van der Waals surface area contributed by atoms with Gasteiger partial charge in [0.15, 0.2) is 0 Å². The van der Waals surface area contributed by atoms with Gasteiger partial charge in [-0.3, -0.25) is 4.18 Å². The molecule has 0 amide bonds. The van der Waals surface area contributed by atoms with E-state index < -0.39 is 23.9 Å². The maximum absolute atomic E-state index is 11.2. The van der Waals surface area contributed by atoms with Crippen LogP contribution in [0.25, 0.3) is 0 Å². The van der Waals surface area contributed by atoms with Gasteiger partial charge in [-0.05, 0) is 0 Å². The van der Waals surface area contributed by atoms with Crippen molar-refractivity contribution >= 4 is 23.4 Å². The van der Waals surface area contributed by atoms with Crippen molar-refractivity contribution in [3.05, 3.63) is 30.3 Å². The first-order valence-corrected chi connectivity index (χ1v) is 10.1. The molecular formula is C12H16O3SSi. The molecule has 17 heavy (non-hydrogen) atoms. The predicted octanol–water partition coefficient (Wildman–Crippen LogP) is 1.12. The van der Waals surface area contributed by atoms with Crippen molar-refractivity contribution < 1.29 is 12.6 Å². The molecule has 0 aliphatic carbocycles. The van der Waals surface area contributed by atoms with Crippen LogP contribution in [0.5, 0.6) is 0 Å². The van der Waals surface area contributed by atoms with Gasteiger partial charge in [0.25, 0.3) is 10.1 Å². The molecule has 0 saturated carbocycles. The van der Waals surface area contributed by atoms with Crippen molar-refractivity contribution in [2.75, 3.05) is 6.26 Å². The molecular weight excluding hydrogens is 252 g/mol. The van der Waals surface area contributed by atoms with E-state index in [0.29, 0.717) is 0 Å². The van der Waals surface area contributed by atoms with Gasteiger partial charge < -0.3 is 0 Å². The summed E-state index contributed by atoms with van der Waals surface area (Å²) in [6.45, 7) is 4.00. The Morgan fingerprint density at radius 1 is 1.29 bits per heavy atom. The molecule has 0 fully saturated rings. The molecule has 0 bridgehead atoms. The molecule has 0 radical (unpaired) electrons. The van der Waals surface area contributed by atoms with Crippen molar-refractivity contribution in [3.63, 3.8) is 0 Å². The molecule has 0 heterocycles. The van der Waals surface area contributed by atoms with E-state index in [1.807, 2.05) is 43.4 Å². The zero-order valence-corrected chi connectivity index (χ0v) is 12.0. The summed E-state index contributed by atoms with van der Waals surface area (Å²) in [7, 11) is -5.69. The van der Waals surface area contributed by atoms with Crippen molar-refractivity contribution in [1.29, 1.82) is 0 Å². The lowest BCUT2D eigenvalue weighted by Gasteiger charge is -2.28. The van der Waals surface area contributed by atoms with Gasteiger partial charge in [-0.1, -0.05) is 54.5 Å². The van der Waals surface area contributed by atoms with E-state index in [2.05, 4.69) is 5.92 Å². The van der Waals surface area contributed by atoms with Crippen LogP contribution < -0.4 is 5.19 Å². The van der Waals surface area contributed by atoms with Gasteiger partial charge in [-0.2, -0.15) is 8.42 Å². The number of benzene rings is 1. The molecule has 5 heteroatoms. The van der Waals surface area contributed by atoms with Gasteiger partial charge in [0.05, 0.1) is 6.26 Å². The van der Waals surface area contributed by atoms with Crippen LogP contribution in [0.3, 0.4) is 0 Å². The lowest BCUT2D eigenvalue weighted by atomic mass is 10.4. The zero-order valence-electron chi connectivity index (χ0n) is 10.2. The summed E-state index contributed by atoms with van der Waals surface area (Å²) in [6.07, 6.45) is 6.42. The SMILES string of the molecule is C#C[C@@H](OS(C)(=O)=O)[Si](C)(C)c1ccccc1. The molecule has 1 aromatic rings. The van der Waals surface area contributed by atoms with E-state index in [1.165, 1.54) is 0 Å². The van der Waals surface area contributed by atoms with Crippen molar-refractivity contribution in [2.45, 2.75) is 18.8 Å². The van der Waals surface area contributed by atoms with Crippen LogP contribution in [-0.4, -0.2) is 28.5 Å². The molecule has 0 saturated heterocycles. The number of rotatable bonds is 4. The average molecular weight is 268 g/mol. The summed E-state index contributed by atoms with van der Waals surface area (Å²) in [4.78, 5) is 0. The van der Waals surface area contributed by atoms with Crippen LogP contribution in [0.2, 0.25) is 13.1 Å².